The van der Waals surface area contributed by atoms with E-state index < -0.39 is 15.8 Å². The SMILES string of the molecule is COc1cc(F)cc2sc(NS(=O)(=O)c3cnn(C)c3)nc12. The number of hydrogen-bond donors (Lipinski definition) is 1. The van der Waals surface area contributed by atoms with Gasteiger partial charge in [-0.25, -0.2) is 17.8 Å². The number of benzene rings is 1. The van der Waals surface area contributed by atoms with Crippen LogP contribution in [0.25, 0.3) is 10.2 Å². The quantitative estimate of drug-likeness (QED) is 0.783. The number of anilines is 1. The second-order valence-corrected chi connectivity index (χ2v) is 7.14. The van der Waals surface area contributed by atoms with Crippen LogP contribution in [-0.4, -0.2) is 30.3 Å². The molecule has 22 heavy (non-hydrogen) atoms. The number of thiazole rings is 1. The van der Waals surface area contributed by atoms with Gasteiger partial charge in [0.2, 0.25) is 0 Å². The predicted molar refractivity (Wildman–Crippen MR) is 80.1 cm³/mol. The number of hydrogen-bond acceptors (Lipinski definition) is 6. The van der Waals surface area contributed by atoms with E-state index in [4.69, 9.17) is 4.74 Å². The summed E-state index contributed by atoms with van der Waals surface area (Å²) in [5, 5.41) is 3.94. The first-order valence-electron chi connectivity index (χ1n) is 6.04. The number of halogens is 1. The summed E-state index contributed by atoms with van der Waals surface area (Å²) in [6.45, 7) is 0. The smallest absolute Gasteiger partial charge is 0.266 e. The fourth-order valence-corrected chi connectivity index (χ4v) is 4.00. The van der Waals surface area contributed by atoms with Crippen LogP contribution in [-0.2, 0) is 17.1 Å². The second kappa shape index (κ2) is 5.21. The summed E-state index contributed by atoms with van der Waals surface area (Å²) in [6.07, 6.45) is 2.60. The molecule has 1 N–H and O–H groups in total. The van der Waals surface area contributed by atoms with Gasteiger partial charge in [-0.15, -0.1) is 0 Å². The van der Waals surface area contributed by atoms with Crippen LogP contribution in [0.5, 0.6) is 5.75 Å². The summed E-state index contributed by atoms with van der Waals surface area (Å²) in [5.74, 6) is -0.229. The summed E-state index contributed by atoms with van der Waals surface area (Å²) >= 11 is 1.02. The highest BCUT2D eigenvalue weighted by molar-refractivity contribution is 7.93. The van der Waals surface area contributed by atoms with Gasteiger partial charge in [-0.05, 0) is 6.07 Å². The molecule has 2 heterocycles. The molecule has 0 amide bonds. The van der Waals surface area contributed by atoms with E-state index in [2.05, 4.69) is 14.8 Å². The molecule has 3 rings (SSSR count). The van der Waals surface area contributed by atoms with Gasteiger partial charge >= 0.3 is 0 Å². The first kappa shape index (κ1) is 14.7. The van der Waals surface area contributed by atoms with Crippen molar-refractivity contribution >= 4 is 36.7 Å². The molecule has 0 saturated heterocycles. The van der Waals surface area contributed by atoms with Gasteiger partial charge in [0.25, 0.3) is 10.0 Å². The third-order valence-corrected chi connectivity index (χ3v) is 5.20. The maximum absolute atomic E-state index is 13.4. The number of rotatable bonds is 4. The van der Waals surface area contributed by atoms with E-state index in [1.165, 1.54) is 36.3 Å². The lowest BCUT2D eigenvalue weighted by Crippen LogP contribution is -2.12. The van der Waals surface area contributed by atoms with Crippen molar-refractivity contribution in [2.75, 3.05) is 11.8 Å². The lowest BCUT2D eigenvalue weighted by Gasteiger charge is -2.01. The van der Waals surface area contributed by atoms with E-state index in [1.807, 2.05) is 0 Å². The number of fused-ring (bicyclic) bond motifs is 1. The van der Waals surface area contributed by atoms with Crippen LogP contribution in [0.1, 0.15) is 0 Å². The van der Waals surface area contributed by atoms with Gasteiger partial charge in [-0.1, -0.05) is 11.3 Å². The summed E-state index contributed by atoms with van der Waals surface area (Å²) in [5.41, 5.74) is 0.401. The first-order chi connectivity index (χ1) is 10.4. The molecular weight excluding hydrogens is 331 g/mol. The van der Waals surface area contributed by atoms with Crippen LogP contribution in [0, 0.1) is 5.82 Å². The van der Waals surface area contributed by atoms with Crippen LogP contribution in [0.3, 0.4) is 0 Å². The maximum atomic E-state index is 13.4. The van der Waals surface area contributed by atoms with E-state index in [9.17, 15) is 12.8 Å². The molecule has 1 aromatic carbocycles. The Labute approximate surface area is 129 Å². The number of aryl methyl sites for hydroxylation is 1. The number of ether oxygens (including phenoxy) is 1. The number of methoxy groups -OCH3 is 1. The van der Waals surface area contributed by atoms with Gasteiger partial charge in [0.15, 0.2) is 5.13 Å². The Morgan fingerprint density at radius 3 is 2.82 bits per heavy atom. The van der Waals surface area contributed by atoms with Crippen LogP contribution in [0.2, 0.25) is 0 Å². The zero-order chi connectivity index (χ0) is 15.9. The van der Waals surface area contributed by atoms with Crippen molar-refractivity contribution in [2.45, 2.75) is 4.90 Å². The number of nitrogens with one attached hydrogen (secondary N) is 1. The molecule has 0 aliphatic carbocycles. The van der Waals surface area contributed by atoms with Gasteiger partial charge in [0.1, 0.15) is 22.0 Å². The molecule has 3 aromatic rings. The normalized spacial score (nSPS) is 11.8. The molecule has 7 nitrogen and oxygen atoms in total. The first-order valence-corrected chi connectivity index (χ1v) is 8.34. The fourth-order valence-electron chi connectivity index (χ4n) is 1.88. The second-order valence-electron chi connectivity index (χ2n) is 4.43. The third-order valence-electron chi connectivity index (χ3n) is 2.86. The van der Waals surface area contributed by atoms with Crippen molar-refractivity contribution in [3.8, 4) is 5.75 Å². The molecule has 0 unspecified atom stereocenters. The van der Waals surface area contributed by atoms with Gasteiger partial charge in [-0.2, -0.15) is 5.10 Å². The number of nitrogens with zero attached hydrogens (tertiary/aromatic N) is 3. The average Bonchev–Trinajstić information content (AvgIpc) is 3.03. The average molecular weight is 342 g/mol. The molecule has 0 radical (unpaired) electrons. The lowest BCUT2D eigenvalue weighted by molar-refractivity contribution is 0.416. The Hall–Kier alpha value is -2.20. The molecule has 10 heteroatoms. The fraction of sp³-hybridized carbons (Fsp3) is 0.167. The standard InChI is InChI=1S/C12H11FN4O3S2/c1-17-6-8(5-14-17)22(18,19)16-12-15-11-9(20-2)3-7(13)4-10(11)21-12/h3-6H,1-2H3,(H,15,16). The Morgan fingerprint density at radius 2 is 2.18 bits per heavy atom. The number of sulfonamides is 1. The van der Waals surface area contributed by atoms with Crippen LogP contribution in [0.4, 0.5) is 9.52 Å². The zero-order valence-electron chi connectivity index (χ0n) is 11.6. The van der Waals surface area contributed by atoms with Crippen LogP contribution in [0.15, 0.2) is 29.4 Å². The minimum absolute atomic E-state index is 0.0207. The molecule has 0 spiro atoms. The van der Waals surface area contributed by atoms with Crippen LogP contribution >= 0.6 is 11.3 Å². The highest BCUT2D eigenvalue weighted by Gasteiger charge is 2.19. The monoisotopic (exact) mass is 342 g/mol. The van der Waals surface area contributed by atoms with Gasteiger partial charge in [0, 0.05) is 19.3 Å². The van der Waals surface area contributed by atoms with Gasteiger partial charge < -0.3 is 4.74 Å². The van der Waals surface area contributed by atoms with E-state index in [0.29, 0.717) is 10.2 Å². The minimum Gasteiger partial charge on any atom is -0.494 e. The summed E-state index contributed by atoms with van der Waals surface area (Å²) in [6, 6.07) is 2.47. The third kappa shape index (κ3) is 2.62. The molecule has 0 atom stereocenters. The Morgan fingerprint density at radius 1 is 1.41 bits per heavy atom. The molecule has 2 aromatic heterocycles. The van der Waals surface area contributed by atoms with Crippen molar-refractivity contribution in [3.05, 3.63) is 30.3 Å². The van der Waals surface area contributed by atoms with Gasteiger partial charge in [0.05, 0.1) is 18.0 Å². The maximum Gasteiger partial charge on any atom is 0.266 e. The van der Waals surface area contributed by atoms with E-state index in [-0.39, 0.29) is 15.8 Å². The largest absolute Gasteiger partial charge is 0.494 e. The summed E-state index contributed by atoms with van der Waals surface area (Å²) in [7, 11) is -0.779. The molecule has 0 fully saturated rings. The van der Waals surface area contributed by atoms with E-state index in [1.54, 1.807) is 7.05 Å². The topological polar surface area (TPSA) is 86.1 Å². The van der Waals surface area contributed by atoms with E-state index >= 15 is 0 Å². The highest BCUT2D eigenvalue weighted by Crippen LogP contribution is 2.34. The highest BCUT2D eigenvalue weighted by atomic mass is 32.2. The summed E-state index contributed by atoms with van der Waals surface area (Å²) < 4.78 is 47.1. The predicted octanol–water partition coefficient (Wildman–Crippen LogP) is 1.98. The summed E-state index contributed by atoms with van der Waals surface area (Å²) in [4.78, 5) is 4.17. The molecule has 0 aliphatic heterocycles. The molecule has 0 bridgehead atoms. The molecular formula is C12H11FN4O3S2. The Balaban J connectivity index is 2.01. The van der Waals surface area contributed by atoms with Crippen molar-refractivity contribution < 1.29 is 17.5 Å². The Bertz CT molecular complexity index is 949. The zero-order valence-corrected chi connectivity index (χ0v) is 13.2. The Kier molecular flexibility index (Phi) is 3.49. The number of aromatic nitrogens is 3. The van der Waals surface area contributed by atoms with Crippen LogP contribution < -0.4 is 9.46 Å². The lowest BCUT2D eigenvalue weighted by atomic mass is 10.3. The van der Waals surface area contributed by atoms with Crippen molar-refractivity contribution in [1.82, 2.24) is 14.8 Å². The molecule has 0 aliphatic rings. The van der Waals surface area contributed by atoms with Crippen molar-refractivity contribution in [1.29, 1.82) is 0 Å². The van der Waals surface area contributed by atoms with Crippen molar-refractivity contribution in [2.24, 2.45) is 7.05 Å². The minimum atomic E-state index is -3.79. The molecule has 116 valence electrons. The van der Waals surface area contributed by atoms with Crippen molar-refractivity contribution in [3.63, 3.8) is 0 Å². The van der Waals surface area contributed by atoms with E-state index in [0.717, 1.165) is 11.3 Å². The molecule has 0 saturated carbocycles. The van der Waals surface area contributed by atoms with Gasteiger partial charge in [-0.3, -0.25) is 9.40 Å².